The van der Waals surface area contributed by atoms with Gasteiger partial charge in [0.05, 0.1) is 12.1 Å². The van der Waals surface area contributed by atoms with Gasteiger partial charge in [-0.3, -0.25) is 0 Å². The molecule has 0 saturated heterocycles. The van der Waals surface area contributed by atoms with E-state index >= 15 is 0 Å². The van der Waals surface area contributed by atoms with Crippen molar-refractivity contribution in [3.05, 3.63) is 159 Å². The maximum Gasteiger partial charge on any atom is 0.0585 e. The highest BCUT2D eigenvalue weighted by molar-refractivity contribution is 5.78. The third-order valence-corrected chi connectivity index (χ3v) is 16.4. The van der Waals surface area contributed by atoms with Crippen molar-refractivity contribution in [1.29, 1.82) is 0 Å². The number of hydrogen-bond acceptors (Lipinski definition) is 2. The summed E-state index contributed by atoms with van der Waals surface area (Å²) in [6.07, 6.45) is 54.1. The van der Waals surface area contributed by atoms with E-state index in [1.165, 1.54) is 76.2 Å². The number of fused-ring (bicyclic) bond motifs is 7. The molecule has 7 atom stereocenters. The van der Waals surface area contributed by atoms with E-state index in [0.29, 0.717) is 35.9 Å². The quantitative estimate of drug-likeness (QED) is 0.267. The molecular formula is C55H64N2. The monoisotopic (exact) mass is 753 g/mol. The third-order valence-electron chi connectivity index (χ3n) is 16.4. The minimum atomic E-state index is 0.150. The minimum Gasteiger partial charge on any atom is -0.364 e. The maximum atomic E-state index is 2.99. The molecule has 1 heterocycles. The van der Waals surface area contributed by atoms with Gasteiger partial charge in [0.2, 0.25) is 0 Å². The predicted molar refractivity (Wildman–Crippen MR) is 238 cm³/mol. The molecule has 57 heavy (non-hydrogen) atoms. The van der Waals surface area contributed by atoms with Gasteiger partial charge in [-0.1, -0.05) is 111 Å². The average molecular weight is 753 g/mol. The Hall–Kier alpha value is -4.04. The van der Waals surface area contributed by atoms with Crippen molar-refractivity contribution in [2.45, 2.75) is 147 Å². The second-order valence-corrected chi connectivity index (χ2v) is 19.7. The lowest BCUT2D eigenvalue weighted by atomic mass is 9.70. The Morgan fingerprint density at radius 3 is 2.51 bits per heavy atom. The van der Waals surface area contributed by atoms with E-state index < -0.39 is 0 Å². The summed E-state index contributed by atoms with van der Waals surface area (Å²) in [5, 5.41) is 0. The molecule has 1 aromatic rings. The molecule has 0 N–H and O–H groups in total. The van der Waals surface area contributed by atoms with E-state index in [4.69, 9.17) is 0 Å². The van der Waals surface area contributed by atoms with Crippen molar-refractivity contribution < 1.29 is 0 Å². The maximum absolute atomic E-state index is 2.99. The molecule has 0 bridgehead atoms. The van der Waals surface area contributed by atoms with Gasteiger partial charge in [-0.15, -0.1) is 0 Å². The summed E-state index contributed by atoms with van der Waals surface area (Å²) < 4.78 is 0. The van der Waals surface area contributed by atoms with Crippen molar-refractivity contribution in [3.63, 3.8) is 0 Å². The summed E-state index contributed by atoms with van der Waals surface area (Å²) in [4.78, 5) is 5.92. The Morgan fingerprint density at radius 1 is 0.702 bits per heavy atom. The van der Waals surface area contributed by atoms with Gasteiger partial charge < -0.3 is 9.80 Å². The lowest BCUT2D eigenvalue weighted by molar-refractivity contribution is 0.161. The molecule has 0 radical (unpaired) electrons. The van der Waals surface area contributed by atoms with Crippen molar-refractivity contribution in [2.24, 2.45) is 23.7 Å². The number of nitrogens with zero attached hydrogens (tertiary/aromatic N) is 2. The molecule has 11 rings (SSSR count). The van der Waals surface area contributed by atoms with Crippen LogP contribution in [0.5, 0.6) is 0 Å². The van der Waals surface area contributed by atoms with Crippen LogP contribution in [0.4, 0.5) is 0 Å². The number of allylic oxidation sites excluding steroid dienone is 14. The molecule has 294 valence electrons. The fourth-order valence-electron chi connectivity index (χ4n) is 13.7. The molecule has 1 aliphatic heterocycles. The van der Waals surface area contributed by atoms with Crippen LogP contribution >= 0.6 is 0 Å². The zero-order valence-corrected chi connectivity index (χ0v) is 34.8. The highest BCUT2D eigenvalue weighted by Crippen LogP contribution is 2.57. The summed E-state index contributed by atoms with van der Waals surface area (Å²) >= 11 is 0. The number of rotatable bonds is 6. The fourth-order valence-corrected chi connectivity index (χ4v) is 13.7. The standard InChI is InChI=1S/C55H64N2/c1-55(2)49-24-12-8-22-45(49)46-35-33-41(36-50(46)55)56(51-25-13-9-19-42(51)37-16-4-3-5-17-37)40-31-28-39(29-32-40)43-20-10-14-26-52(43)57-53-27-15-11-23-47(53)48-34-30-38-18-6-7-21-44(38)54(48)57/h6-9,12-13,15-16,19-20,22,24,26-28,31,35,38,41,44,47,50-51,53H,3-5,10-11,14,17-18,21,23,25,29-30,32-34,36H2,1-2H3. The van der Waals surface area contributed by atoms with Crippen LogP contribution in [0.25, 0.3) is 5.57 Å². The van der Waals surface area contributed by atoms with E-state index in [1.54, 1.807) is 50.5 Å². The lowest BCUT2D eigenvalue weighted by Gasteiger charge is -2.47. The average Bonchev–Trinajstić information content (AvgIpc) is 3.73. The van der Waals surface area contributed by atoms with Gasteiger partial charge in [-0.25, -0.2) is 0 Å². The van der Waals surface area contributed by atoms with Gasteiger partial charge in [0.1, 0.15) is 0 Å². The predicted octanol–water partition coefficient (Wildman–Crippen LogP) is 13.7. The molecule has 0 saturated carbocycles. The van der Waals surface area contributed by atoms with Crippen LogP contribution in [0.1, 0.15) is 134 Å². The van der Waals surface area contributed by atoms with Gasteiger partial charge in [0, 0.05) is 35.0 Å². The molecule has 9 aliphatic carbocycles. The lowest BCUT2D eigenvalue weighted by Crippen LogP contribution is -2.47. The first kappa shape index (κ1) is 36.1. The van der Waals surface area contributed by atoms with E-state index in [2.05, 4.69) is 127 Å². The van der Waals surface area contributed by atoms with E-state index in [0.717, 1.165) is 44.4 Å². The van der Waals surface area contributed by atoms with Crippen LogP contribution in [-0.2, 0) is 5.41 Å². The van der Waals surface area contributed by atoms with E-state index in [1.807, 2.05) is 5.57 Å². The van der Waals surface area contributed by atoms with Crippen molar-refractivity contribution in [3.8, 4) is 0 Å². The van der Waals surface area contributed by atoms with Crippen LogP contribution in [-0.4, -0.2) is 27.9 Å². The summed E-state index contributed by atoms with van der Waals surface area (Å²) in [6, 6.07) is 10.7. The molecule has 2 heteroatoms. The Balaban J connectivity index is 0.948. The first-order valence-corrected chi connectivity index (χ1v) is 23.3. The first-order chi connectivity index (χ1) is 28.1. The highest BCUT2D eigenvalue weighted by Gasteiger charge is 2.49. The SMILES string of the molecule is CC1(C)c2ccccc2C2=CCC(N(C3=CC=C(C4=CCCC=C4N4C5=C(CCC6CC=CCC56)C5CCC=CC54)CC3)C3CC=CC=C3C3=CCCCC3)CC21. The molecular weight excluding hydrogens is 689 g/mol. The number of hydrogen-bond donors (Lipinski definition) is 0. The Kier molecular flexibility index (Phi) is 9.27. The zero-order valence-electron chi connectivity index (χ0n) is 34.8. The van der Waals surface area contributed by atoms with Crippen LogP contribution < -0.4 is 0 Å². The molecule has 7 unspecified atom stereocenters. The molecule has 0 fully saturated rings. The minimum absolute atomic E-state index is 0.150. The largest absolute Gasteiger partial charge is 0.364 e. The van der Waals surface area contributed by atoms with E-state index in [-0.39, 0.29) is 5.41 Å². The number of benzene rings is 1. The van der Waals surface area contributed by atoms with Crippen molar-refractivity contribution >= 4 is 5.57 Å². The molecule has 2 nitrogen and oxygen atoms in total. The second kappa shape index (κ2) is 14.7. The van der Waals surface area contributed by atoms with Gasteiger partial charge in [0.15, 0.2) is 0 Å². The Labute approximate surface area is 343 Å². The van der Waals surface area contributed by atoms with Gasteiger partial charge in [-0.2, -0.15) is 0 Å². The third kappa shape index (κ3) is 6.01. The second-order valence-electron chi connectivity index (χ2n) is 19.7. The van der Waals surface area contributed by atoms with Crippen LogP contribution in [0, 0.1) is 23.7 Å². The smallest absolute Gasteiger partial charge is 0.0585 e. The summed E-state index contributed by atoms with van der Waals surface area (Å²) in [5.74, 6) is 2.77. The molecule has 0 aromatic heterocycles. The normalized spacial score (nSPS) is 33.7. The molecule has 0 amide bonds. The van der Waals surface area contributed by atoms with Crippen molar-refractivity contribution in [1.82, 2.24) is 9.80 Å². The highest BCUT2D eigenvalue weighted by atomic mass is 15.2. The van der Waals surface area contributed by atoms with Crippen molar-refractivity contribution in [2.75, 3.05) is 0 Å². The van der Waals surface area contributed by atoms with E-state index in [9.17, 15) is 0 Å². The van der Waals surface area contributed by atoms with Crippen LogP contribution in [0.2, 0.25) is 0 Å². The summed E-state index contributed by atoms with van der Waals surface area (Å²) in [5.41, 5.74) is 17.9. The Morgan fingerprint density at radius 2 is 1.61 bits per heavy atom. The summed E-state index contributed by atoms with van der Waals surface area (Å²) in [6.45, 7) is 5.04. The fraction of sp³-hybridized carbons (Fsp3) is 0.491. The van der Waals surface area contributed by atoms with Crippen LogP contribution in [0.15, 0.2) is 148 Å². The topological polar surface area (TPSA) is 6.48 Å². The first-order valence-electron chi connectivity index (χ1n) is 23.3. The summed E-state index contributed by atoms with van der Waals surface area (Å²) in [7, 11) is 0. The van der Waals surface area contributed by atoms with Gasteiger partial charge in [-0.05, 0) is 177 Å². The molecule has 0 spiro atoms. The van der Waals surface area contributed by atoms with Gasteiger partial charge in [0.25, 0.3) is 0 Å². The van der Waals surface area contributed by atoms with Gasteiger partial charge >= 0.3 is 0 Å². The zero-order chi connectivity index (χ0) is 38.1. The molecule has 1 aromatic carbocycles. The Bertz CT molecular complexity index is 2160. The van der Waals surface area contributed by atoms with Crippen LogP contribution in [0.3, 0.4) is 0 Å². The molecule has 10 aliphatic rings.